The van der Waals surface area contributed by atoms with Gasteiger partial charge in [-0.2, -0.15) is 13.2 Å². The van der Waals surface area contributed by atoms with Crippen LogP contribution in [0.2, 0.25) is 0 Å². The van der Waals surface area contributed by atoms with Gasteiger partial charge in [0.05, 0.1) is 18.8 Å². The van der Waals surface area contributed by atoms with Gasteiger partial charge in [-0.3, -0.25) is 9.69 Å². The van der Waals surface area contributed by atoms with Gasteiger partial charge in [-0.05, 0) is 24.1 Å². The van der Waals surface area contributed by atoms with Crippen LogP contribution in [0.1, 0.15) is 24.0 Å². The molecule has 1 aromatic rings. The monoisotopic (exact) mass is 405 g/mol. The Morgan fingerprint density at radius 3 is 2.39 bits per heavy atom. The largest absolute Gasteiger partial charge is 0.468 e. The van der Waals surface area contributed by atoms with Gasteiger partial charge in [0.1, 0.15) is 23.9 Å². The SMILES string of the molecule is COC(=O)[C@@H]1C[C@@]2(O)[C@H](O)[C@H](O)[C@H](O)C[C@H]2N1Cc1ccc(C(F)(F)F)cc1. The van der Waals surface area contributed by atoms with Crippen LogP contribution in [0.15, 0.2) is 24.3 Å². The molecule has 0 unspecified atom stereocenters. The van der Waals surface area contributed by atoms with Crippen LogP contribution in [0.3, 0.4) is 0 Å². The average molecular weight is 405 g/mol. The molecule has 2 fully saturated rings. The lowest BCUT2D eigenvalue weighted by atomic mass is 9.75. The van der Waals surface area contributed by atoms with Crippen LogP contribution >= 0.6 is 0 Å². The lowest BCUT2D eigenvalue weighted by Gasteiger charge is -2.45. The maximum Gasteiger partial charge on any atom is 0.416 e. The highest BCUT2D eigenvalue weighted by molar-refractivity contribution is 5.76. The predicted molar refractivity (Wildman–Crippen MR) is 88.8 cm³/mol. The smallest absolute Gasteiger partial charge is 0.416 e. The van der Waals surface area contributed by atoms with E-state index in [1.807, 2.05) is 0 Å². The number of fused-ring (bicyclic) bond motifs is 1. The number of nitrogens with zero attached hydrogens (tertiary/aromatic N) is 1. The number of aliphatic hydroxyl groups is 4. The molecule has 0 bridgehead atoms. The summed E-state index contributed by atoms with van der Waals surface area (Å²) in [7, 11) is 1.16. The van der Waals surface area contributed by atoms with E-state index in [4.69, 9.17) is 4.74 Å². The normalized spacial score (nSPS) is 36.2. The fraction of sp³-hybridized carbons (Fsp3) is 0.611. The molecule has 1 aromatic carbocycles. The van der Waals surface area contributed by atoms with Gasteiger partial charge < -0.3 is 25.2 Å². The van der Waals surface area contributed by atoms with Crippen LogP contribution in [0.4, 0.5) is 13.2 Å². The van der Waals surface area contributed by atoms with Crippen molar-refractivity contribution in [3.05, 3.63) is 35.4 Å². The molecule has 0 spiro atoms. The van der Waals surface area contributed by atoms with E-state index in [-0.39, 0.29) is 19.4 Å². The number of aliphatic hydroxyl groups excluding tert-OH is 3. The van der Waals surface area contributed by atoms with Gasteiger partial charge in [0.2, 0.25) is 0 Å². The van der Waals surface area contributed by atoms with Crippen molar-refractivity contribution in [2.75, 3.05) is 7.11 Å². The Morgan fingerprint density at radius 1 is 1.25 bits per heavy atom. The number of likely N-dealkylation sites (tertiary alicyclic amines) is 1. The number of hydrogen-bond acceptors (Lipinski definition) is 7. The molecule has 1 aliphatic carbocycles. The highest BCUT2D eigenvalue weighted by atomic mass is 19.4. The van der Waals surface area contributed by atoms with E-state index in [2.05, 4.69) is 0 Å². The van der Waals surface area contributed by atoms with E-state index in [1.165, 1.54) is 17.0 Å². The third kappa shape index (κ3) is 3.50. The predicted octanol–water partition coefficient (Wildman–Crippen LogP) is 0.0388. The topological polar surface area (TPSA) is 110 Å². The Morgan fingerprint density at radius 2 is 1.86 bits per heavy atom. The first-order chi connectivity index (χ1) is 13.0. The summed E-state index contributed by atoms with van der Waals surface area (Å²) in [6.45, 7) is -0.0135. The van der Waals surface area contributed by atoms with Gasteiger partial charge in [0.25, 0.3) is 0 Å². The van der Waals surface area contributed by atoms with Crippen molar-refractivity contribution in [1.82, 2.24) is 4.90 Å². The molecule has 1 heterocycles. The molecule has 10 heteroatoms. The zero-order valence-electron chi connectivity index (χ0n) is 15.0. The highest BCUT2D eigenvalue weighted by Gasteiger charge is 2.62. The zero-order chi connectivity index (χ0) is 20.9. The molecule has 28 heavy (non-hydrogen) atoms. The molecule has 156 valence electrons. The lowest BCUT2D eigenvalue weighted by molar-refractivity contribution is -0.197. The summed E-state index contributed by atoms with van der Waals surface area (Å²) in [4.78, 5) is 13.7. The molecule has 1 aliphatic heterocycles. The highest BCUT2D eigenvalue weighted by Crippen LogP contribution is 2.44. The summed E-state index contributed by atoms with van der Waals surface area (Å²) in [5, 5.41) is 41.2. The Balaban J connectivity index is 1.91. The van der Waals surface area contributed by atoms with Crippen molar-refractivity contribution in [3.63, 3.8) is 0 Å². The summed E-state index contributed by atoms with van der Waals surface area (Å²) in [5.41, 5.74) is -2.24. The first kappa shape index (κ1) is 21.0. The number of rotatable bonds is 3. The number of alkyl halides is 3. The van der Waals surface area contributed by atoms with Crippen molar-refractivity contribution in [3.8, 4) is 0 Å². The summed E-state index contributed by atoms with van der Waals surface area (Å²) in [5.74, 6) is -0.689. The second kappa shape index (κ2) is 7.27. The third-order valence-corrected chi connectivity index (χ3v) is 5.71. The van der Waals surface area contributed by atoms with Crippen LogP contribution in [0.5, 0.6) is 0 Å². The number of carbonyl (C=O) groups excluding carboxylic acids is 1. The van der Waals surface area contributed by atoms with Crippen LogP contribution in [0, 0.1) is 0 Å². The first-order valence-corrected chi connectivity index (χ1v) is 8.75. The lowest BCUT2D eigenvalue weighted by Crippen LogP contribution is -2.64. The molecule has 0 radical (unpaired) electrons. The Hall–Kier alpha value is -1.72. The van der Waals surface area contributed by atoms with E-state index in [9.17, 15) is 38.4 Å². The molecule has 0 amide bonds. The van der Waals surface area contributed by atoms with E-state index >= 15 is 0 Å². The number of hydrogen-bond donors (Lipinski definition) is 4. The second-order valence-corrected chi connectivity index (χ2v) is 7.36. The Kier molecular flexibility index (Phi) is 5.45. The number of halogens is 3. The minimum absolute atomic E-state index is 0.0135. The molecule has 7 nitrogen and oxygen atoms in total. The van der Waals surface area contributed by atoms with Crippen molar-refractivity contribution >= 4 is 5.97 Å². The van der Waals surface area contributed by atoms with Gasteiger partial charge in [0.15, 0.2) is 0 Å². The fourth-order valence-corrected chi connectivity index (χ4v) is 4.18. The number of benzene rings is 1. The summed E-state index contributed by atoms with van der Waals surface area (Å²) in [6, 6.07) is 2.47. The van der Waals surface area contributed by atoms with Crippen molar-refractivity contribution < 1.29 is 43.1 Å². The van der Waals surface area contributed by atoms with Crippen LogP contribution < -0.4 is 0 Å². The maximum absolute atomic E-state index is 12.7. The minimum Gasteiger partial charge on any atom is -0.468 e. The van der Waals surface area contributed by atoms with Gasteiger partial charge >= 0.3 is 12.1 Å². The molecule has 3 rings (SSSR count). The van der Waals surface area contributed by atoms with E-state index in [0.29, 0.717) is 5.56 Å². The Bertz CT molecular complexity index is 727. The zero-order valence-corrected chi connectivity index (χ0v) is 15.0. The molecular weight excluding hydrogens is 383 g/mol. The molecule has 1 saturated carbocycles. The van der Waals surface area contributed by atoms with E-state index in [0.717, 1.165) is 19.2 Å². The minimum atomic E-state index is -4.48. The van der Waals surface area contributed by atoms with Gasteiger partial charge in [-0.15, -0.1) is 0 Å². The average Bonchev–Trinajstić information content (AvgIpc) is 2.92. The third-order valence-electron chi connectivity index (χ3n) is 5.71. The second-order valence-electron chi connectivity index (χ2n) is 7.36. The van der Waals surface area contributed by atoms with Gasteiger partial charge in [-0.1, -0.05) is 12.1 Å². The molecule has 0 aromatic heterocycles. The van der Waals surface area contributed by atoms with E-state index in [1.54, 1.807) is 0 Å². The number of carbonyl (C=O) groups is 1. The maximum atomic E-state index is 12.7. The summed E-state index contributed by atoms with van der Waals surface area (Å²) in [6.07, 6.45) is -9.43. The molecule has 1 saturated heterocycles. The molecular formula is C18H22F3NO6. The van der Waals surface area contributed by atoms with Crippen LogP contribution in [0.25, 0.3) is 0 Å². The van der Waals surface area contributed by atoms with Crippen LogP contribution in [-0.4, -0.2) is 74.4 Å². The van der Waals surface area contributed by atoms with Crippen LogP contribution in [-0.2, 0) is 22.3 Å². The number of methoxy groups -OCH3 is 1. The van der Waals surface area contributed by atoms with E-state index < -0.39 is 53.7 Å². The van der Waals surface area contributed by atoms with Crippen molar-refractivity contribution in [2.45, 2.75) is 61.6 Å². The standard InChI is InChI=1S/C18H22F3NO6/c1-28-16(26)11-7-17(27)13(6-12(23)14(24)15(17)25)22(11)8-9-2-4-10(5-3-9)18(19,20)21/h2-5,11-15,23-25,27H,6-8H2,1H3/t11-,12+,13+,14+,15+,17-/m0/s1. The molecule has 2 aliphatic rings. The Labute approximate surface area is 159 Å². The first-order valence-electron chi connectivity index (χ1n) is 8.75. The summed E-state index contributed by atoms with van der Waals surface area (Å²) >= 11 is 0. The number of esters is 1. The number of ether oxygens (including phenoxy) is 1. The van der Waals surface area contributed by atoms with Crippen molar-refractivity contribution in [2.24, 2.45) is 0 Å². The summed E-state index contributed by atoms with van der Waals surface area (Å²) < 4.78 is 43.0. The van der Waals surface area contributed by atoms with Gasteiger partial charge in [-0.25, -0.2) is 0 Å². The fourth-order valence-electron chi connectivity index (χ4n) is 4.18. The quantitative estimate of drug-likeness (QED) is 0.526. The van der Waals surface area contributed by atoms with Gasteiger partial charge in [0, 0.05) is 19.0 Å². The molecule has 6 atom stereocenters. The van der Waals surface area contributed by atoms with Crippen molar-refractivity contribution in [1.29, 1.82) is 0 Å². The molecule has 4 N–H and O–H groups in total.